The maximum Gasteiger partial charge on any atom is 0.407 e. The molecule has 2 aromatic rings. The van der Waals surface area contributed by atoms with Crippen molar-refractivity contribution in [1.29, 1.82) is 0 Å². The van der Waals surface area contributed by atoms with Gasteiger partial charge < -0.3 is 25.2 Å². The minimum absolute atomic E-state index is 0.0165. The second-order valence-corrected chi connectivity index (χ2v) is 8.74. The van der Waals surface area contributed by atoms with Gasteiger partial charge in [0.25, 0.3) is 0 Å². The van der Waals surface area contributed by atoms with Crippen molar-refractivity contribution < 1.29 is 29.0 Å². The predicted octanol–water partition coefficient (Wildman–Crippen LogP) is 3.55. The Morgan fingerprint density at radius 2 is 1.65 bits per heavy atom. The van der Waals surface area contributed by atoms with Gasteiger partial charge in [-0.1, -0.05) is 55.5 Å². The third kappa shape index (κ3) is 5.56. The molecule has 2 atom stereocenters. The summed E-state index contributed by atoms with van der Waals surface area (Å²) in [4.78, 5) is 36.8. The van der Waals surface area contributed by atoms with E-state index < -0.39 is 29.4 Å². The number of alkyl carbamates (subject to hydrolysis) is 1. The number of carbonyl (C=O) groups is 3. The van der Waals surface area contributed by atoms with Crippen molar-refractivity contribution in [3.8, 4) is 11.1 Å². The maximum absolute atomic E-state index is 12.8. The minimum atomic E-state index is -1.13. The summed E-state index contributed by atoms with van der Waals surface area (Å²) >= 11 is 0. The second kappa shape index (κ2) is 11.2. The molecule has 2 unspecified atom stereocenters. The number of carboxylic acids is 1. The summed E-state index contributed by atoms with van der Waals surface area (Å²) in [5, 5.41) is 14.6. The molecule has 1 aliphatic carbocycles. The fraction of sp³-hybridized carbons (Fsp3) is 0.423. The van der Waals surface area contributed by atoms with E-state index in [1.54, 1.807) is 6.92 Å². The Morgan fingerprint density at radius 1 is 1.06 bits per heavy atom. The molecular formula is C26H32N2O6. The molecule has 182 valence electrons. The minimum Gasteiger partial charge on any atom is -0.480 e. The fourth-order valence-corrected chi connectivity index (χ4v) is 4.11. The smallest absolute Gasteiger partial charge is 0.407 e. The third-order valence-electron chi connectivity index (χ3n) is 6.51. The van der Waals surface area contributed by atoms with Crippen LogP contribution in [-0.2, 0) is 19.1 Å². The van der Waals surface area contributed by atoms with Gasteiger partial charge in [-0.3, -0.25) is 4.79 Å². The molecule has 0 radical (unpaired) electrons. The molecule has 0 saturated carbocycles. The van der Waals surface area contributed by atoms with Gasteiger partial charge in [-0.05, 0) is 35.6 Å². The Kier molecular flexibility index (Phi) is 8.28. The summed E-state index contributed by atoms with van der Waals surface area (Å²) in [5.74, 6) is -1.64. The average molecular weight is 469 g/mol. The molecule has 34 heavy (non-hydrogen) atoms. The normalized spacial score (nSPS) is 14.9. The van der Waals surface area contributed by atoms with Gasteiger partial charge in [-0.15, -0.1) is 0 Å². The molecule has 0 bridgehead atoms. The first-order valence-electron chi connectivity index (χ1n) is 11.4. The number of carboxylic acid groups (broad SMARTS) is 1. The van der Waals surface area contributed by atoms with Crippen LogP contribution in [0.2, 0.25) is 0 Å². The van der Waals surface area contributed by atoms with E-state index in [0.29, 0.717) is 6.42 Å². The summed E-state index contributed by atoms with van der Waals surface area (Å²) in [6, 6.07) is 15.1. The molecular weight excluding hydrogens is 436 g/mol. The zero-order chi connectivity index (χ0) is 24.7. The van der Waals surface area contributed by atoms with Gasteiger partial charge in [0.1, 0.15) is 12.6 Å². The van der Waals surface area contributed by atoms with E-state index in [0.717, 1.165) is 22.3 Å². The highest BCUT2D eigenvalue weighted by atomic mass is 16.5. The van der Waals surface area contributed by atoms with E-state index in [1.165, 1.54) is 7.11 Å². The van der Waals surface area contributed by atoms with Crippen molar-refractivity contribution in [3.63, 3.8) is 0 Å². The monoisotopic (exact) mass is 468 g/mol. The van der Waals surface area contributed by atoms with Crippen LogP contribution in [0.15, 0.2) is 48.5 Å². The predicted molar refractivity (Wildman–Crippen MR) is 128 cm³/mol. The van der Waals surface area contributed by atoms with Crippen LogP contribution in [0.3, 0.4) is 0 Å². The lowest BCUT2D eigenvalue weighted by Crippen LogP contribution is -2.51. The number of aliphatic carboxylic acids is 1. The van der Waals surface area contributed by atoms with E-state index in [1.807, 2.05) is 43.3 Å². The molecule has 0 aromatic heterocycles. The van der Waals surface area contributed by atoms with Gasteiger partial charge in [0.15, 0.2) is 0 Å². The van der Waals surface area contributed by atoms with Crippen molar-refractivity contribution in [3.05, 3.63) is 59.7 Å². The van der Waals surface area contributed by atoms with E-state index in [4.69, 9.17) is 9.47 Å². The van der Waals surface area contributed by atoms with Crippen LogP contribution in [-0.4, -0.2) is 56.0 Å². The SMILES string of the molecule is CCC(C)(CNC(=O)OCC1c2ccccc2-c2ccccc21)C(=O)NC(CCOC)C(=O)O. The van der Waals surface area contributed by atoms with E-state index in [9.17, 15) is 19.5 Å². The Labute approximate surface area is 199 Å². The van der Waals surface area contributed by atoms with Gasteiger partial charge >= 0.3 is 12.1 Å². The summed E-state index contributed by atoms with van der Waals surface area (Å²) in [5.41, 5.74) is 3.52. The molecule has 3 rings (SSSR count). The molecule has 0 fully saturated rings. The molecule has 8 nitrogen and oxygen atoms in total. The highest BCUT2D eigenvalue weighted by Crippen LogP contribution is 2.44. The van der Waals surface area contributed by atoms with Crippen LogP contribution < -0.4 is 10.6 Å². The molecule has 2 aromatic carbocycles. The number of amides is 2. The first-order valence-corrected chi connectivity index (χ1v) is 11.4. The van der Waals surface area contributed by atoms with Crippen LogP contribution in [0.25, 0.3) is 11.1 Å². The van der Waals surface area contributed by atoms with Gasteiger partial charge in [0.05, 0.1) is 5.41 Å². The Morgan fingerprint density at radius 3 is 2.18 bits per heavy atom. The van der Waals surface area contributed by atoms with E-state index >= 15 is 0 Å². The molecule has 0 aliphatic heterocycles. The van der Waals surface area contributed by atoms with Crippen LogP contribution >= 0.6 is 0 Å². The van der Waals surface area contributed by atoms with Crippen LogP contribution in [0.5, 0.6) is 0 Å². The number of methoxy groups -OCH3 is 1. The van der Waals surface area contributed by atoms with Gasteiger partial charge in [0, 0.05) is 32.6 Å². The number of nitrogens with one attached hydrogen (secondary N) is 2. The lowest BCUT2D eigenvalue weighted by atomic mass is 9.86. The topological polar surface area (TPSA) is 114 Å². The van der Waals surface area contributed by atoms with Crippen molar-refractivity contribution in [2.24, 2.45) is 5.41 Å². The van der Waals surface area contributed by atoms with Crippen molar-refractivity contribution >= 4 is 18.0 Å². The average Bonchev–Trinajstić information content (AvgIpc) is 3.17. The standard InChI is InChI=1S/C26H32N2O6/c1-4-26(2,24(31)28-22(23(29)30)13-14-33-3)16-27-25(32)34-15-21-19-11-7-5-9-17(19)18-10-6-8-12-20(18)21/h5-12,21-22H,4,13-16H2,1-3H3,(H,27,32)(H,28,31)(H,29,30). The van der Waals surface area contributed by atoms with Crippen molar-refractivity contribution in [1.82, 2.24) is 10.6 Å². The summed E-state index contributed by atoms with van der Waals surface area (Å²) in [7, 11) is 1.47. The number of fused-ring (bicyclic) bond motifs is 3. The lowest BCUT2D eigenvalue weighted by molar-refractivity contribution is -0.144. The first-order chi connectivity index (χ1) is 16.3. The number of hydrogen-bond donors (Lipinski definition) is 3. The van der Waals surface area contributed by atoms with Gasteiger partial charge in [-0.2, -0.15) is 0 Å². The second-order valence-electron chi connectivity index (χ2n) is 8.74. The third-order valence-corrected chi connectivity index (χ3v) is 6.51. The number of hydrogen-bond acceptors (Lipinski definition) is 5. The Balaban J connectivity index is 1.58. The number of rotatable bonds is 11. The largest absolute Gasteiger partial charge is 0.480 e. The number of benzene rings is 2. The lowest BCUT2D eigenvalue weighted by Gasteiger charge is -2.29. The molecule has 0 saturated heterocycles. The molecule has 0 spiro atoms. The van der Waals surface area contributed by atoms with E-state index in [-0.39, 0.29) is 32.1 Å². The Hall–Kier alpha value is -3.39. The summed E-state index contributed by atoms with van der Waals surface area (Å²) in [6.07, 6.45) is -0.0699. The summed E-state index contributed by atoms with van der Waals surface area (Å²) in [6.45, 7) is 3.89. The zero-order valence-corrected chi connectivity index (χ0v) is 19.8. The molecule has 3 N–H and O–H groups in total. The van der Waals surface area contributed by atoms with Gasteiger partial charge in [0.2, 0.25) is 5.91 Å². The molecule has 1 aliphatic rings. The molecule has 2 amide bonds. The fourth-order valence-electron chi connectivity index (χ4n) is 4.11. The number of carbonyl (C=O) groups excluding carboxylic acids is 2. The zero-order valence-electron chi connectivity index (χ0n) is 19.8. The van der Waals surface area contributed by atoms with Crippen LogP contribution in [0.4, 0.5) is 4.79 Å². The Bertz CT molecular complexity index is 994. The first kappa shape index (κ1) is 25.2. The maximum atomic E-state index is 12.8. The summed E-state index contributed by atoms with van der Waals surface area (Å²) < 4.78 is 10.5. The van der Waals surface area contributed by atoms with Crippen molar-refractivity contribution in [2.45, 2.75) is 38.6 Å². The van der Waals surface area contributed by atoms with Crippen LogP contribution in [0, 0.1) is 5.41 Å². The number of ether oxygens (including phenoxy) is 2. The highest BCUT2D eigenvalue weighted by molar-refractivity contribution is 5.87. The molecule has 0 heterocycles. The highest BCUT2D eigenvalue weighted by Gasteiger charge is 2.35. The van der Waals surface area contributed by atoms with E-state index in [2.05, 4.69) is 22.8 Å². The van der Waals surface area contributed by atoms with Crippen LogP contribution in [0.1, 0.15) is 43.7 Å². The quantitative estimate of drug-likeness (QED) is 0.465. The van der Waals surface area contributed by atoms with Gasteiger partial charge in [-0.25, -0.2) is 9.59 Å². The van der Waals surface area contributed by atoms with Crippen molar-refractivity contribution in [2.75, 3.05) is 26.9 Å². The molecule has 8 heteroatoms.